The number of Topliss-reactive ketones (excluding diaryl/α,β-unsaturated/α-hetero) is 1. The van der Waals surface area contributed by atoms with Crippen LogP contribution in [0.2, 0.25) is 0 Å². The monoisotopic (exact) mass is 508 g/mol. The van der Waals surface area contributed by atoms with Gasteiger partial charge in [-0.1, -0.05) is 25.8 Å². The number of rotatable bonds is 11. The number of unbranched alkanes of at least 4 members (excludes halogenated alkanes) is 3. The Bertz CT molecular complexity index is 1050. The van der Waals surface area contributed by atoms with Gasteiger partial charge in [0.25, 0.3) is 0 Å². The SMILES string of the molecule is CCC(=O)CCCCCCc1ncc(-c2ccc(N)c(C=NC)c2)[nH]1.NC(=O)C1CCC2(CC1)CNC2. The zero-order chi connectivity index (χ0) is 26.7. The van der Waals surface area contributed by atoms with Gasteiger partial charge in [0, 0.05) is 68.3 Å². The van der Waals surface area contributed by atoms with E-state index in [2.05, 4.69) is 20.3 Å². The Morgan fingerprint density at radius 2 is 1.89 bits per heavy atom. The van der Waals surface area contributed by atoms with Crippen molar-refractivity contribution in [1.29, 1.82) is 0 Å². The summed E-state index contributed by atoms with van der Waals surface area (Å²) >= 11 is 0. The number of amides is 1. The minimum Gasteiger partial charge on any atom is -0.398 e. The van der Waals surface area contributed by atoms with Crippen LogP contribution in [-0.2, 0) is 16.0 Å². The number of nitrogen functional groups attached to an aromatic ring is 1. The van der Waals surface area contributed by atoms with Crippen LogP contribution in [0.5, 0.6) is 0 Å². The number of hydrogen-bond acceptors (Lipinski definition) is 6. The van der Waals surface area contributed by atoms with Crippen molar-refractivity contribution in [3.8, 4) is 11.3 Å². The minimum atomic E-state index is -0.0999. The Labute approximate surface area is 221 Å². The van der Waals surface area contributed by atoms with Crippen molar-refractivity contribution in [2.24, 2.45) is 22.1 Å². The molecule has 0 unspecified atom stereocenters. The fraction of sp³-hybridized carbons (Fsp3) is 0.586. The number of nitrogens with two attached hydrogens (primary N) is 2. The molecule has 8 nitrogen and oxygen atoms in total. The summed E-state index contributed by atoms with van der Waals surface area (Å²) in [4.78, 5) is 34.0. The van der Waals surface area contributed by atoms with E-state index in [9.17, 15) is 9.59 Å². The molecule has 6 N–H and O–H groups in total. The van der Waals surface area contributed by atoms with E-state index in [0.717, 1.165) is 92.8 Å². The molecule has 0 radical (unpaired) electrons. The Hall–Kier alpha value is -3.00. The lowest BCUT2D eigenvalue weighted by Gasteiger charge is -2.47. The molecule has 0 bridgehead atoms. The van der Waals surface area contributed by atoms with E-state index in [1.165, 1.54) is 12.8 Å². The number of carbonyl (C=O) groups is 2. The summed E-state index contributed by atoms with van der Waals surface area (Å²) in [7, 11) is 1.73. The number of carbonyl (C=O) groups excluding carboxylic acids is 2. The van der Waals surface area contributed by atoms with Crippen LogP contribution in [0.1, 0.15) is 82.5 Å². The molecule has 0 atom stereocenters. The molecule has 202 valence electrons. The molecule has 1 amide bonds. The molecule has 4 rings (SSSR count). The molecule has 1 aliphatic heterocycles. The molecule has 1 aromatic heterocycles. The first-order chi connectivity index (χ1) is 17.9. The number of aliphatic imine (C=N–C) groups is 1. The lowest BCUT2D eigenvalue weighted by atomic mass is 9.67. The predicted molar refractivity (Wildman–Crippen MR) is 150 cm³/mol. The fourth-order valence-corrected chi connectivity index (χ4v) is 5.12. The maximum absolute atomic E-state index is 11.3. The van der Waals surface area contributed by atoms with Gasteiger partial charge < -0.3 is 21.8 Å². The quantitative estimate of drug-likeness (QED) is 0.202. The topological polar surface area (TPSA) is 139 Å². The summed E-state index contributed by atoms with van der Waals surface area (Å²) in [6.07, 6.45) is 14.7. The molecule has 1 aromatic carbocycles. The number of benzene rings is 1. The van der Waals surface area contributed by atoms with Crippen molar-refractivity contribution in [2.75, 3.05) is 25.9 Å². The number of aromatic nitrogens is 2. The van der Waals surface area contributed by atoms with Crippen LogP contribution in [0.3, 0.4) is 0 Å². The fourth-order valence-electron chi connectivity index (χ4n) is 5.12. The lowest BCUT2D eigenvalue weighted by molar-refractivity contribution is -0.124. The molecule has 8 heteroatoms. The number of H-pyrrole nitrogens is 1. The van der Waals surface area contributed by atoms with E-state index in [4.69, 9.17) is 11.5 Å². The van der Waals surface area contributed by atoms with Crippen LogP contribution in [0.25, 0.3) is 11.3 Å². The zero-order valence-electron chi connectivity index (χ0n) is 22.5. The van der Waals surface area contributed by atoms with E-state index >= 15 is 0 Å². The Balaban J connectivity index is 0.000000262. The van der Waals surface area contributed by atoms with Crippen LogP contribution in [0.4, 0.5) is 5.69 Å². The van der Waals surface area contributed by atoms with E-state index < -0.39 is 0 Å². The van der Waals surface area contributed by atoms with Gasteiger partial charge in [-0.05, 0) is 56.1 Å². The third-order valence-electron chi connectivity index (χ3n) is 7.76. The maximum atomic E-state index is 11.3. The summed E-state index contributed by atoms with van der Waals surface area (Å²) in [5.74, 6) is 1.43. The van der Waals surface area contributed by atoms with E-state index in [0.29, 0.717) is 17.6 Å². The summed E-state index contributed by atoms with van der Waals surface area (Å²) < 4.78 is 0. The number of ketones is 1. The second-order valence-corrected chi connectivity index (χ2v) is 10.6. The van der Waals surface area contributed by atoms with Crippen molar-refractivity contribution in [1.82, 2.24) is 15.3 Å². The van der Waals surface area contributed by atoms with Gasteiger partial charge in [-0.2, -0.15) is 0 Å². The standard InChI is InChI=1S/C20H28N4O.C9H16N2O/c1-3-17(25)8-6-4-5-7-9-20-23-14-19(24-20)15-10-11-18(21)16(12-15)13-22-2;10-8(12)7-1-3-9(4-2-7)5-11-6-9/h10-14H,3-9,21H2,1-2H3,(H,23,24);7,11H,1-6H2,(H2,10,12). The molecule has 2 aromatic rings. The number of nitrogens with one attached hydrogen (secondary N) is 2. The largest absolute Gasteiger partial charge is 0.398 e. The molecule has 1 saturated carbocycles. The Morgan fingerprint density at radius 3 is 2.51 bits per heavy atom. The van der Waals surface area contributed by atoms with Crippen LogP contribution < -0.4 is 16.8 Å². The second kappa shape index (κ2) is 14.1. The number of aryl methyl sites for hydroxylation is 1. The molecule has 37 heavy (non-hydrogen) atoms. The average molecular weight is 509 g/mol. The predicted octanol–water partition coefficient (Wildman–Crippen LogP) is 4.43. The van der Waals surface area contributed by atoms with E-state index in [1.807, 2.05) is 31.3 Å². The van der Waals surface area contributed by atoms with Gasteiger partial charge in [0.15, 0.2) is 0 Å². The molecule has 1 saturated heterocycles. The van der Waals surface area contributed by atoms with Gasteiger partial charge in [0.1, 0.15) is 11.6 Å². The van der Waals surface area contributed by atoms with Gasteiger partial charge in [-0.25, -0.2) is 4.98 Å². The zero-order valence-corrected chi connectivity index (χ0v) is 22.5. The number of imidazole rings is 1. The van der Waals surface area contributed by atoms with Gasteiger partial charge in [-0.3, -0.25) is 14.6 Å². The van der Waals surface area contributed by atoms with E-state index in [-0.39, 0.29) is 11.8 Å². The highest BCUT2D eigenvalue weighted by molar-refractivity contribution is 5.89. The normalized spacial score (nSPS) is 16.8. The third kappa shape index (κ3) is 8.52. The number of nitrogens with zero attached hydrogens (tertiary/aromatic N) is 2. The molecule has 2 heterocycles. The first kappa shape index (κ1) is 28.6. The first-order valence-electron chi connectivity index (χ1n) is 13.7. The number of aromatic amines is 1. The van der Waals surface area contributed by atoms with Crippen molar-refractivity contribution < 1.29 is 9.59 Å². The van der Waals surface area contributed by atoms with Crippen molar-refractivity contribution in [3.05, 3.63) is 35.8 Å². The second-order valence-electron chi connectivity index (χ2n) is 10.6. The smallest absolute Gasteiger partial charge is 0.220 e. The molecular formula is C29H44N6O2. The summed E-state index contributed by atoms with van der Waals surface area (Å²) in [6.45, 7) is 4.23. The Kier molecular flexibility index (Phi) is 10.9. The van der Waals surface area contributed by atoms with Crippen LogP contribution in [0.15, 0.2) is 29.4 Å². The highest BCUT2D eigenvalue weighted by atomic mass is 16.1. The average Bonchev–Trinajstić information content (AvgIpc) is 3.36. The number of primary amides is 1. The molecule has 2 fully saturated rings. The molecule has 1 spiro atoms. The van der Waals surface area contributed by atoms with Crippen molar-refractivity contribution >= 4 is 23.6 Å². The molecule has 1 aliphatic carbocycles. The van der Waals surface area contributed by atoms with Crippen molar-refractivity contribution in [3.63, 3.8) is 0 Å². The minimum absolute atomic E-state index is 0.0999. The third-order valence-corrected chi connectivity index (χ3v) is 7.76. The van der Waals surface area contributed by atoms with Gasteiger partial charge in [0.2, 0.25) is 5.91 Å². The van der Waals surface area contributed by atoms with E-state index in [1.54, 1.807) is 13.3 Å². The van der Waals surface area contributed by atoms with Gasteiger partial charge in [0.05, 0.1) is 11.9 Å². The molecule has 2 aliphatic rings. The lowest BCUT2D eigenvalue weighted by Crippen LogP contribution is -2.55. The number of hydrogen-bond donors (Lipinski definition) is 4. The van der Waals surface area contributed by atoms with Crippen LogP contribution >= 0.6 is 0 Å². The summed E-state index contributed by atoms with van der Waals surface area (Å²) in [6, 6.07) is 5.90. The van der Waals surface area contributed by atoms with Crippen molar-refractivity contribution in [2.45, 2.75) is 77.6 Å². The van der Waals surface area contributed by atoms with Gasteiger partial charge >= 0.3 is 0 Å². The van der Waals surface area contributed by atoms with Gasteiger partial charge in [-0.15, -0.1) is 0 Å². The number of anilines is 1. The highest BCUT2D eigenvalue weighted by Crippen LogP contribution is 2.41. The first-order valence-corrected chi connectivity index (χ1v) is 13.7. The summed E-state index contributed by atoms with van der Waals surface area (Å²) in [5.41, 5.74) is 15.4. The Morgan fingerprint density at radius 1 is 1.16 bits per heavy atom. The summed E-state index contributed by atoms with van der Waals surface area (Å²) in [5, 5.41) is 3.30. The molecular weight excluding hydrogens is 464 g/mol. The van der Waals surface area contributed by atoms with Crippen LogP contribution in [0, 0.1) is 11.3 Å². The maximum Gasteiger partial charge on any atom is 0.220 e. The van der Waals surface area contributed by atoms with Crippen LogP contribution in [-0.4, -0.2) is 48.0 Å². The highest BCUT2D eigenvalue weighted by Gasteiger charge is 2.41.